The lowest BCUT2D eigenvalue weighted by molar-refractivity contribution is -0.138. The lowest BCUT2D eigenvalue weighted by Gasteiger charge is -2.28. The first-order chi connectivity index (χ1) is 17.2. The van der Waals surface area contributed by atoms with Crippen molar-refractivity contribution in [2.75, 3.05) is 6.61 Å². The van der Waals surface area contributed by atoms with Gasteiger partial charge in [0.1, 0.15) is 12.6 Å². The maximum absolute atomic E-state index is 11.0. The van der Waals surface area contributed by atoms with Crippen molar-refractivity contribution in [2.45, 2.75) is 77.4 Å². The molecule has 0 amide bonds. The van der Waals surface area contributed by atoms with Gasteiger partial charge in [-0.1, -0.05) is 43.9 Å². The number of hydrogen-bond donors (Lipinski definition) is 1. The monoisotopic (exact) mass is 506 g/mol. The smallest absolute Gasteiger partial charge is 0.303 e. The standard InChI is InChI=1S/C28H38N4O3Si/c1-20-30-28(32(31-20)19-35-15-16-36(2,3)4)25-13-14-26(29-18-25)24-11-9-23(10-12-24)22-7-5-21(6-8-22)17-27(33)34/h9-14,18,21-22H,5-8,15-17,19H2,1-4H3,(H,33,34). The summed E-state index contributed by atoms with van der Waals surface area (Å²) in [5, 5.41) is 13.5. The number of carboxylic acids is 1. The molecule has 0 radical (unpaired) electrons. The van der Waals surface area contributed by atoms with Crippen LogP contribution in [0.2, 0.25) is 25.7 Å². The van der Waals surface area contributed by atoms with E-state index in [4.69, 9.17) is 14.8 Å². The summed E-state index contributed by atoms with van der Waals surface area (Å²) in [5.74, 6) is 1.65. The molecule has 192 valence electrons. The molecule has 7 nitrogen and oxygen atoms in total. The number of carboxylic acid groups (broad SMARTS) is 1. The van der Waals surface area contributed by atoms with E-state index in [1.807, 2.05) is 29.9 Å². The number of rotatable bonds is 10. The summed E-state index contributed by atoms with van der Waals surface area (Å²) in [6, 6.07) is 13.9. The van der Waals surface area contributed by atoms with Crippen LogP contribution in [0.15, 0.2) is 42.6 Å². The zero-order chi connectivity index (χ0) is 25.7. The van der Waals surface area contributed by atoms with E-state index in [9.17, 15) is 4.79 Å². The Bertz CT molecular complexity index is 1150. The first-order valence-corrected chi connectivity index (χ1v) is 16.7. The Labute approximate surface area is 215 Å². The van der Waals surface area contributed by atoms with E-state index in [1.54, 1.807) is 0 Å². The van der Waals surface area contributed by atoms with Gasteiger partial charge in [-0.05, 0) is 68.2 Å². The highest BCUT2D eigenvalue weighted by Crippen LogP contribution is 2.37. The Morgan fingerprint density at radius 2 is 1.75 bits per heavy atom. The van der Waals surface area contributed by atoms with E-state index in [-0.39, 0.29) is 0 Å². The van der Waals surface area contributed by atoms with Crippen molar-refractivity contribution in [3.63, 3.8) is 0 Å². The molecule has 0 bridgehead atoms. The molecule has 0 atom stereocenters. The van der Waals surface area contributed by atoms with Gasteiger partial charge in [-0.25, -0.2) is 9.67 Å². The summed E-state index contributed by atoms with van der Waals surface area (Å²) in [7, 11) is -1.13. The summed E-state index contributed by atoms with van der Waals surface area (Å²) in [4.78, 5) is 20.3. The van der Waals surface area contributed by atoms with E-state index >= 15 is 0 Å². The highest BCUT2D eigenvalue weighted by Gasteiger charge is 2.24. The molecule has 1 saturated carbocycles. The fraction of sp³-hybridized carbons (Fsp3) is 0.500. The minimum absolute atomic E-state index is 0.300. The lowest BCUT2D eigenvalue weighted by Crippen LogP contribution is -2.22. The van der Waals surface area contributed by atoms with Crippen molar-refractivity contribution in [3.05, 3.63) is 54.0 Å². The molecule has 2 aromatic heterocycles. The van der Waals surface area contributed by atoms with Crippen LogP contribution in [0.1, 0.15) is 49.4 Å². The number of carbonyl (C=O) groups is 1. The van der Waals surface area contributed by atoms with Gasteiger partial charge in [-0.15, -0.1) is 0 Å². The first kappa shape index (κ1) is 26.2. The number of ether oxygens (including phenoxy) is 1. The molecule has 4 rings (SSSR count). The Kier molecular flexibility index (Phi) is 8.36. The Morgan fingerprint density at radius 3 is 2.36 bits per heavy atom. The fourth-order valence-electron chi connectivity index (χ4n) is 4.86. The molecule has 1 aliphatic rings. The van der Waals surface area contributed by atoms with Gasteiger partial charge in [0.2, 0.25) is 0 Å². The van der Waals surface area contributed by atoms with Crippen molar-refractivity contribution < 1.29 is 14.6 Å². The molecule has 0 unspecified atom stereocenters. The summed E-state index contributed by atoms with van der Waals surface area (Å²) >= 11 is 0. The predicted molar refractivity (Wildman–Crippen MR) is 144 cm³/mol. The van der Waals surface area contributed by atoms with Gasteiger partial charge in [0.15, 0.2) is 5.82 Å². The summed E-state index contributed by atoms with van der Waals surface area (Å²) < 4.78 is 7.71. The molecular formula is C28H38N4O3Si. The molecule has 0 aliphatic heterocycles. The normalized spacial score (nSPS) is 18.3. The summed E-state index contributed by atoms with van der Waals surface area (Å²) in [6.07, 6.45) is 6.27. The Balaban J connectivity index is 1.38. The molecule has 1 N–H and O–H groups in total. The van der Waals surface area contributed by atoms with E-state index in [0.717, 1.165) is 66.8 Å². The highest BCUT2D eigenvalue weighted by molar-refractivity contribution is 6.76. The molecule has 8 heteroatoms. The van der Waals surface area contributed by atoms with Crippen molar-refractivity contribution in [2.24, 2.45) is 5.92 Å². The molecule has 0 spiro atoms. The van der Waals surface area contributed by atoms with Crippen LogP contribution >= 0.6 is 0 Å². The van der Waals surface area contributed by atoms with Gasteiger partial charge in [0.25, 0.3) is 0 Å². The second-order valence-corrected chi connectivity index (χ2v) is 16.8. The summed E-state index contributed by atoms with van der Waals surface area (Å²) in [5.41, 5.74) is 4.26. The second-order valence-electron chi connectivity index (χ2n) is 11.2. The number of pyridine rings is 1. The van der Waals surface area contributed by atoms with Crippen molar-refractivity contribution >= 4 is 14.0 Å². The zero-order valence-electron chi connectivity index (χ0n) is 21.9. The van der Waals surface area contributed by atoms with E-state index in [1.165, 1.54) is 5.56 Å². The van der Waals surface area contributed by atoms with Crippen LogP contribution in [-0.4, -0.2) is 45.5 Å². The number of benzene rings is 1. The number of aliphatic carboxylic acids is 1. The van der Waals surface area contributed by atoms with Crippen LogP contribution in [0.4, 0.5) is 0 Å². The van der Waals surface area contributed by atoms with Crippen LogP contribution in [0.3, 0.4) is 0 Å². The number of nitrogens with zero attached hydrogens (tertiary/aromatic N) is 4. The molecule has 1 aromatic carbocycles. The van der Waals surface area contributed by atoms with Gasteiger partial charge >= 0.3 is 5.97 Å². The molecule has 2 heterocycles. The molecule has 1 fully saturated rings. The maximum Gasteiger partial charge on any atom is 0.303 e. The second kappa shape index (κ2) is 11.5. The van der Waals surface area contributed by atoms with Gasteiger partial charge in [-0.3, -0.25) is 9.78 Å². The maximum atomic E-state index is 11.0. The molecule has 0 saturated heterocycles. The van der Waals surface area contributed by atoms with E-state index < -0.39 is 14.0 Å². The average Bonchev–Trinajstić information content (AvgIpc) is 3.22. The van der Waals surface area contributed by atoms with Gasteiger partial charge in [0.05, 0.1) is 5.69 Å². The van der Waals surface area contributed by atoms with Gasteiger partial charge in [-0.2, -0.15) is 5.10 Å². The van der Waals surface area contributed by atoms with E-state index in [0.29, 0.717) is 25.0 Å². The third-order valence-electron chi connectivity index (χ3n) is 7.00. The van der Waals surface area contributed by atoms with Crippen molar-refractivity contribution in [1.82, 2.24) is 19.7 Å². The molecular weight excluding hydrogens is 468 g/mol. The highest BCUT2D eigenvalue weighted by atomic mass is 28.3. The average molecular weight is 507 g/mol. The van der Waals surface area contributed by atoms with Crippen molar-refractivity contribution in [1.29, 1.82) is 0 Å². The van der Waals surface area contributed by atoms with Crippen molar-refractivity contribution in [3.8, 4) is 22.6 Å². The minimum Gasteiger partial charge on any atom is -0.481 e. The van der Waals surface area contributed by atoms with Crippen LogP contribution in [0, 0.1) is 12.8 Å². The number of aryl methyl sites for hydroxylation is 1. The van der Waals surface area contributed by atoms with Gasteiger partial charge < -0.3 is 9.84 Å². The van der Waals surface area contributed by atoms with Crippen LogP contribution in [0.5, 0.6) is 0 Å². The lowest BCUT2D eigenvalue weighted by atomic mass is 9.77. The van der Waals surface area contributed by atoms with Crippen LogP contribution in [-0.2, 0) is 16.3 Å². The third-order valence-corrected chi connectivity index (χ3v) is 8.70. The van der Waals surface area contributed by atoms with Gasteiger partial charge in [0, 0.05) is 38.4 Å². The van der Waals surface area contributed by atoms with Crippen LogP contribution < -0.4 is 0 Å². The zero-order valence-corrected chi connectivity index (χ0v) is 22.9. The Hall–Kier alpha value is -2.84. The number of hydrogen-bond acceptors (Lipinski definition) is 5. The molecule has 3 aromatic rings. The SMILES string of the molecule is Cc1nc(-c2ccc(-c3ccc(C4CCC(CC(=O)O)CC4)cc3)nc2)n(COCC[Si](C)(C)C)n1. The summed E-state index contributed by atoms with van der Waals surface area (Å²) in [6.45, 7) is 10.1. The minimum atomic E-state index is -1.13. The van der Waals surface area contributed by atoms with Crippen LogP contribution in [0.25, 0.3) is 22.6 Å². The molecule has 1 aliphatic carbocycles. The quantitative estimate of drug-likeness (QED) is 0.254. The Morgan fingerprint density at radius 1 is 1.06 bits per heavy atom. The largest absolute Gasteiger partial charge is 0.481 e. The van der Waals surface area contributed by atoms with E-state index in [2.05, 4.69) is 54.0 Å². The topological polar surface area (TPSA) is 90.1 Å². The predicted octanol–water partition coefficient (Wildman–Crippen LogP) is 6.38. The third kappa shape index (κ3) is 7.10. The molecule has 36 heavy (non-hydrogen) atoms. The fourth-order valence-corrected chi connectivity index (χ4v) is 5.61. The first-order valence-electron chi connectivity index (χ1n) is 13.0. The number of aromatic nitrogens is 4.